The van der Waals surface area contributed by atoms with E-state index in [-0.39, 0.29) is 11.9 Å². The quantitative estimate of drug-likeness (QED) is 0.759. The van der Waals surface area contributed by atoms with E-state index in [1.54, 1.807) is 18.2 Å². The summed E-state index contributed by atoms with van der Waals surface area (Å²) in [6, 6.07) is 13.0. The molecule has 1 aliphatic rings. The molecule has 0 saturated heterocycles. The van der Waals surface area contributed by atoms with Crippen molar-refractivity contribution in [3.05, 3.63) is 53.6 Å². The van der Waals surface area contributed by atoms with Crippen molar-refractivity contribution in [3.8, 4) is 5.75 Å². The molecule has 0 saturated carbocycles. The van der Waals surface area contributed by atoms with E-state index >= 15 is 0 Å². The third-order valence-corrected chi connectivity index (χ3v) is 3.84. The molecule has 6 heteroatoms. The van der Waals surface area contributed by atoms with Crippen LogP contribution in [-0.2, 0) is 0 Å². The van der Waals surface area contributed by atoms with Crippen LogP contribution in [-0.4, -0.2) is 27.9 Å². The summed E-state index contributed by atoms with van der Waals surface area (Å²) in [6.07, 6.45) is 0.759. The third kappa shape index (κ3) is 2.18. The Labute approximate surface area is 126 Å². The summed E-state index contributed by atoms with van der Waals surface area (Å²) >= 11 is 0. The van der Waals surface area contributed by atoms with E-state index in [2.05, 4.69) is 20.7 Å². The van der Waals surface area contributed by atoms with Crippen LogP contribution < -0.4 is 10.1 Å². The summed E-state index contributed by atoms with van der Waals surface area (Å²) in [5.41, 5.74) is 3.02. The second-order valence-corrected chi connectivity index (χ2v) is 5.23. The lowest BCUT2D eigenvalue weighted by molar-refractivity contribution is 0.0925. The van der Waals surface area contributed by atoms with Gasteiger partial charge >= 0.3 is 0 Å². The number of hydrogen-bond acceptors (Lipinski definition) is 4. The maximum atomic E-state index is 12.5. The highest BCUT2D eigenvalue weighted by molar-refractivity contribution is 5.97. The average Bonchev–Trinajstić information content (AvgIpc) is 3.02. The molecule has 1 aliphatic heterocycles. The number of nitrogens with zero attached hydrogens (tertiary/aromatic N) is 2. The van der Waals surface area contributed by atoms with E-state index in [0.29, 0.717) is 17.7 Å². The lowest BCUT2D eigenvalue weighted by Crippen LogP contribution is -2.32. The van der Waals surface area contributed by atoms with Gasteiger partial charge in [-0.25, -0.2) is 0 Å². The minimum Gasteiger partial charge on any atom is -0.493 e. The number of amides is 1. The van der Waals surface area contributed by atoms with Gasteiger partial charge in [0.15, 0.2) is 0 Å². The van der Waals surface area contributed by atoms with Crippen molar-refractivity contribution in [3.63, 3.8) is 0 Å². The van der Waals surface area contributed by atoms with Gasteiger partial charge in [-0.3, -0.25) is 4.79 Å². The maximum absolute atomic E-state index is 12.5. The first-order valence-corrected chi connectivity index (χ1v) is 7.14. The first kappa shape index (κ1) is 12.8. The van der Waals surface area contributed by atoms with E-state index < -0.39 is 0 Å². The number of ether oxygens (including phenoxy) is 1. The Morgan fingerprint density at radius 3 is 3.00 bits per heavy atom. The summed E-state index contributed by atoms with van der Waals surface area (Å²) in [6.45, 7) is 0.601. The number of carbonyl (C=O) groups is 1. The molecule has 3 aromatic rings. The minimum absolute atomic E-state index is 0.0366. The Hall–Kier alpha value is -2.89. The van der Waals surface area contributed by atoms with Gasteiger partial charge in [-0.15, -0.1) is 0 Å². The van der Waals surface area contributed by atoms with Crippen LogP contribution in [0, 0.1) is 0 Å². The number of fused-ring (bicyclic) bond motifs is 2. The SMILES string of the molecule is O=C(N[C@@H]1CCOc2ccccc21)c1ccc2n[nH]nc2c1. The summed E-state index contributed by atoms with van der Waals surface area (Å²) < 4.78 is 5.61. The monoisotopic (exact) mass is 294 g/mol. The molecular weight excluding hydrogens is 280 g/mol. The van der Waals surface area contributed by atoms with E-state index in [1.807, 2.05) is 24.3 Å². The van der Waals surface area contributed by atoms with Crippen LogP contribution in [0.1, 0.15) is 28.4 Å². The average molecular weight is 294 g/mol. The van der Waals surface area contributed by atoms with Gasteiger partial charge < -0.3 is 10.1 Å². The fourth-order valence-electron chi connectivity index (χ4n) is 2.72. The van der Waals surface area contributed by atoms with E-state index in [4.69, 9.17) is 4.74 Å². The Bertz CT molecular complexity index is 843. The summed E-state index contributed by atoms with van der Waals surface area (Å²) in [7, 11) is 0. The molecule has 22 heavy (non-hydrogen) atoms. The highest BCUT2D eigenvalue weighted by Gasteiger charge is 2.23. The third-order valence-electron chi connectivity index (χ3n) is 3.84. The number of aromatic amines is 1. The van der Waals surface area contributed by atoms with E-state index in [0.717, 1.165) is 23.3 Å². The van der Waals surface area contributed by atoms with Crippen LogP contribution in [0.15, 0.2) is 42.5 Å². The molecule has 0 bridgehead atoms. The number of nitrogens with one attached hydrogen (secondary N) is 2. The first-order valence-electron chi connectivity index (χ1n) is 7.14. The summed E-state index contributed by atoms with van der Waals surface area (Å²) in [4.78, 5) is 12.5. The number of hydrogen-bond donors (Lipinski definition) is 2. The van der Waals surface area contributed by atoms with Gasteiger partial charge in [-0.1, -0.05) is 18.2 Å². The zero-order valence-electron chi connectivity index (χ0n) is 11.7. The molecule has 0 radical (unpaired) electrons. The van der Waals surface area contributed by atoms with Crippen LogP contribution in [0.25, 0.3) is 11.0 Å². The van der Waals surface area contributed by atoms with Crippen molar-refractivity contribution >= 4 is 16.9 Å². The second kappa shape index (κ2) is 5.14. The normalized spacial score (nSPS) is 16.8. The molecule has 0 aliphatic carbocycles. The molecule has 2 heterocycles. The zero-order valence-corrected chi connectivity index (χ0v) is 11.7. The molecule has 1 aromatic heterocycles. The topological polar surface area (TPSA) is 79.9 Å². The molecule has 0 spiro atoms. The predicted octanol–water partition coefficient (Wildman–Crippen LogP) is 2.21. The van der Waals surface area contributed by atoms with Gasteiger partial charge in [0.2, 0.25) is 0 Å². The highest BCUT2D eigenvalue weighted by Crippen LogP contribution is 2.31. The molecule has 0 unspecified atom stereocenters. The molecule has 0 fully saturated rings. The van der Waals surface area contributed by atoms with E-state index in [9.17, 15) is 4.79 Å². The molecule has 4 rings (SSSR count). The molecule has 1 amide bonds. The fraction of sp³-hybridized carbons (Fsp3) is 0.188. The van der Waals surface area contributed by atoms with Crippen LogP contribution in [0.4, 0.5) is 0 Å². The van der Waals surface area contributed by atoms with Crippen molar-refractivity contribution in [1.29, 1.82) is 0 Å². The minimum atomic E-state index is -0.119. The van der Waals surface area contributed by atoms with Gasteiger partial charge in [-0.2, -0.15) is 15.4 Å². The van der Waals surface area contributed by atoms with Crippen molar-refractivity contribution < 1.29 is 9.53 Å². The molecule has 2 N–H and O–H groups in total. The number of para-hydroxylation sites is 1. The number of benzene rings is 2. The van der Waals surface area contributed by atoms with Gasteiger partial charge in [0.05, 0.1) is 12.6 Å². The second-order valence-electron chi connectivity index (χ2n) is 5.23. The predicted molar refractivity (Wildman–Crippen MR) is 80.6 cm³/mol. The lowest BCUT2D eigenvalue weighted by Gasteiger charge is -2.26. The maximum Gasteiger partial charge on any atom is 0.251 e. The zero-order chi connectivity index (χ0) is 14.9. The van der Waals surface area contributed by atoms with Crippen molar-refractivity contribution in [1.82, 2.24) is 20.7 Å². The largest absolute Gasteiger partial charge is 0.493 e. The highest BCUT2D eigenvalue weighted by atomic mass is 16.5. The number of H-pyrrole nitrogens is 1. The van der Waals surface area contributed by atoms with Crippen molar-refractivity contribution in [2.24, 2.45) is 0 Å². The summed E-state index contributed by atoms with van der Waals surface area (Å²) in [5, 5.41) is 13.6. The van der Waals surface area contributed by atoms with Gasteiger partial charge in [-0.05, 0) is 24.3 Å². The Kier molecular flexibility index (Phi) is 3.00. The van der Waals surface area contributed by atoms with Gasteiger partial charge in [0, 0.05) is 17.5 Å². The lowest BCUT2D eigenvalue weighted by atomic mass is 10.00. The first-order chi connectivity index (χ1) is 10.8. The fourth-order valence-corrected chi connectivity index (χ4v) is 2.72. The van der Waals surface area contributed by atoms with Gasteiger partial charge in [0.1, 0.15) is 16.8 Å². The van der Waals surface area contributed by atoms with Crippen LogP contribution in [0.5, 0.6) is 5.75 Å². The summed E-state index contributed by atoms with van der Waals surface area (Å²) in [5.74, 6) is 0.720. The van der Waals surface area contributed by atoms with Gasteiger partial charge in [0.25, 0.3) is 5.91 Å². The number of carbonyl (C=O) groups excluding carboxylic acids is 1. The van der Waals surface area contributed by atoms with E-state index in [1.165, 1.54) is 0 Å². The Morgan fingerprint density at radius 1 is 1.18 bits per heavy atom. The van der Waals surface area contributed by atoms with Crippen LogP contribution in [0.2, 0.25) is 0 Å². The number of rotatable bonds is 2. The Morgan fingerprint density at radius 2 is 2.05 bits per heavy atom. The molecule has 2 aromatic carbocycles. The molecule has 1 atom stereocenters. The standard InChI is InChI=1S/C16H14N4O2/c21-16(10-5-6-13-14(9-10)19-20-18-13)17-12-7-8-22-15-4-2-1-3-11(12)15/h1-6,9,12H,7-8H2,(H,17,21)(H,18,19,20)/t12-/m1/s1. The number of aromatic nitrogens is 3. The van der Waals surface area contributed by atoms with Crippen LogP contribution >= 0.6 is 0 Å². The molecule has 110 valence electrons. The smallest absolute Gasteiger partial charge is 0.251 e. The van der Waals surface area contributed by atoms with Crippen molar-refractivity contribution in [2.45, 2.75) is 12.5 Å². The molecule has 6 nitrogen and oxygen atoms in total. The van der Waals surface area contributed by atoms with Crippen molar-refractivity contribution in [2.75, 3.05) is 6.61 Å². The Balaban J connectivity index is 1.59. The van der Waals surface area contributed by atoms with Crippen LogP contribution in [0.3, 0.4) is 0 Å². The molecular formula is C16H14N4O2.